The van der Waals surface area contributed by atoms with E-state index >= 15 is 0 Å². The van der Waals surface area contributed by atoms with Crippen LogP contribution in [-0.4, -0.2) is 17.5 Å². The van der Waals surface area contributed by atoms with Crippen molar-refractivity contribution in [2.45, 2.75) is 49.5 Å². The molecule has 1 aliphatic heterocycles. The Balaban J connectivity index is 1.82. The molecule has 3 fully saturated rings. The summed E-state index contributed by atoms with van der Waals surface area (Å²) in [5.74, 6) is 0.840. The van der Waals surface area contributed by atoms with Crippen LogP contribution in [0.2, 0.25) is 0 Å². The Kier molecular flexibility index (Phi) is 1.99. The van der Waals surface area contributed by atoms with Gasteiger partial charge >= 0.3 is 0 Å². The van der Waals surface area contributed by atoms with Gasteiger partial charge < -0.3 is 4.74 Å². The van der Waals surface area contributed by atoms with E-state index in [1.165, 1.54) is 38.5 Å². The van der Waals surface area contributed by atoms with E-state index < -0.39 is 0 Å². The monoisotopic (exact) mass is 244 g/mol. The van der Waals surface area contributed by atoms with Crippen LogP contribution in [0.15, 0.2) is 0 Å². The normalized spacial score (nSPS) is 47.3. The van der Waals surface area contributed by atoms with Crippen molar-refractivity contribution in [1.82, 2.24) is 0 Å². The summed E-state index contributed by atoms with van der Waals surface area (Å²) in [5.41, 5.74) is 0.561. The summed E-state index contributed by atoms with van der Waals surface area (Å²) in [7, 11) is 0. The SMILES string of the molecule is Br[C@@H]1[C@H]2CCCO[C@H]2C12CCCC2. The molecule has 74 valence electrons. The number of hydrogen-bond donors (Lipinski definition) is 0. The minimum absolute atomic E-state index is 0.561. The number of hydrogen-bond acceptors (Lipinski definition) is 1. The van der Waals surface area contributed by atoms with Gasteiger partial charge in [0.2, 0.25) is 0 Å². The fourth-order valence-electron chi connectivity index (χ4n) is 3.75. The van der Waals surface area contributed by atoms with Crippen LogP contribution < -0.4 is 0 Å². The molecule has 2 heteroatoms. The van der Waals surface area contributed by atoms with Gasteiger partial charge in [0.05, 0.1) is 6.10 Å². The third-order valence-electron chi connectivity index (χ3n) is 4.39. The maximum Gasteiger partial charge on any atom is 0.0681 e. The molecule has 0 N–H and O–H groups in total. The first-order chi connectivity index (χ1) is 6.34. The molecule has 0 radical (unpaired) electrons. The molecular weight excluding hydrogens is 228 g/mol. The molecule has 3 rings (SSSR count). The molecule has 0 amide bonds. The molecule has 13 heavy (non-hydrogen) atoms. The van der Waals surface area contributed by atoms with Crippen molar-refractivity contribution >= 4 is 15.9 Å². The van der Waals surface area contributed by atoms with Gasteiger partial charge in [-0.25, -0.2) is 0 Å². The van der Waals surface area contributed by atoms with E-state index in [1.54, 1.807) is 0 Å². The smallest absolute Gasteiger partial charge is 0.0681 e. The predicted octanol–water partition coefficient (Wildman–Crippen LogP) is 3.12. The van der Waals surface area contributed by atoms with E-state index in [0.29, 0.717) is 11.5 Å². The standard InChI is InChI=1S/C11H17BrO/c12-9-8-4-3-7-13-10(8)11(9)5-1-2-6-11/h8-10H,1-7H2/t8-,9-,10-/m1/s1. The molecule has 0 bridgehead atoms. The van der Waals surface area contributed by atoms with E-state index in [0.717, 1.165) is 17.4 Å². The number of halogens is 1. The number of fused-ring (bicyclic) bond motifs is 2. The third-order valence-corrected chi connectivity index (χ3v) is 5.99. The lowest BCUT2D eigenvalue weighted by Crippen LogP contribution is -2.63. The van der Waals surface area contributed by atoms with Crippen molar-refractivity contribution < 1.29 is 4.74 Å². The summed E-state index contributed by atoms with van der Waals surface area (Å²) in [5, 5.41) is 0. The van der Waals surface area contributed by atoms with Gasteiger partial charge in [-0.05, 0) is 31.6 Å². The molecule has 1 nitrogen and oxygen atoms in total. The quantitative estimate of drug-likeness (QED) is 0.596. The summed E-state index contributed by atoms with van der Waals surface area (Å²) in [6.45, 7) is 1.02. The summed E-state index contributed by atoms with van der Waals surface area (Å²) < 4.78 is 5.96. The van der Waals surface area contributed by atoms with Crippen LogP contribution in [0.5, 0.6) is 0 Å². The maximum absolute atomic E-state index is 5.96. The lowest BCUT2D eigenvalue weighted by molar-refractivity contribution is -0.172. The molecule has 3 aliphatic rings. The molecule has 3 atom stereocenters. The molecule has 0 aromatic rings. The second-order valence-corrected chi connectivity index (χ2v) is 5.93. The van der Waals surface area contributed by atoms with Crippen molar-refractivity contribution in [3.05, 3.63) is 0 Å². The highest BCUT2D eigenvalue weighted by Crippen LogP contribution is 2.62. The van der Waals surface area contributed by atoms with Crippen LogP contribution >= 0.6 is 15.9 Å². The Hall–Kier alpha value is 0.440. The molecule has 0 unspecified atom stereocenters. The number of rotatable bonds is 0. The largest absolute Gasteiger partial charge is 0.377 e. The van der Waals surface area contributed by atoms with E-state index in [9.17, 15) is 0 Å². The van der Waals surface area contributed by atoms with Gasteiger partial charge in [-0.2, -0.15) is 0 Å². The minimum Gasteiger partial charge on any atom is -0.377 e. The van der Waals surface area contributed by atoms with Crippen molar-refractivity contribution in [3.8, 4) is 0 Å². The average Bonchev–Trinajstić information content (AvgIpc) is 2.68. The first kappa shape index (κ1) is 8.72. The zero-order chi connectivity index (χ0) is 8.89. The fourth-order valence-corrected chi connectivity index (χ4v) is 5.01. The molecular formula is C11H17BrO. The van der Waals surface area contributed by atoms with Crippen molar-refractivity contribution in [1.29, 1.82) is 0 Å². The fraction of sp³-hybridized carbons (Fsp3) is 1.00. The van der Waals surface area contributed by atoms with Crippen LogP contribution in [0.25, 0.3) is 0 Å². The predicted molar refractivity (Wildman–Crippen MR) is 56.1 cm³/mol. The van der Waals surface area contributed by atoms with Gasteiger partial charge in [0, 0.05) is 16.8 Å². The summed E-state index contributed by atoms with van der Waals surface area (Å²) >= 11 is 3.91. The van der Waals surface area contributed by atoms with Crippen LogP contribution in [-0.2, 0) is 4.74 Å². The van der Waals surface area contributed by atoms with Crippen LogP contribution in [0.4, 0.5) is 0 Å². The first-order valence-electron chi connectivity index (χ1n) is 5.60. The van der Waals surface area contributed by atoms with Crippen LogP contribution in [0.1, 0.15) is 38.5 Å². The van der Waals surface area contributed by atoms with E-state index in [4.69, 9.17) is 4.74 Å². The number of ether oxygens (including phenoxy) is 1. The number of alkyl halides is 1. The molecule has 1 saturated heterocycles. The van der Waals surface area contributed by atoms with Crippen molar-refractivity contribution in [3.63, 3.8) is 0 Å². The van der Waals surface area contributed by atoms with Crippen LogP contribution in [0, 0.1) is 11.3 Å². The topological polar surface area (TPSA) is 9.23 Å². The lowest BCUT2D eigenvalue weighted by Gasteiger charge is -2.59. The molecule has 1 spiro atoms. The second kappa shape index (κ2) is 2.96. The summed E-state index contributed by atoms with van der Waals surface area (Å²) in [4.78, 5) is 0.771. The van der Waals surface area contributed by atoms with Crippen molar-refractivity contribution in [2.24, 2.45) is 11.3 Å². The van der Waals surface area contributed by atoms with Gasteiger partial charge in [0.15, 0.2) is 0 Å². The highest BCUT2D eigenvalue weighted by Gasteiger charge is 2.62. The van der Waals surface area contributed by atoms with E-state index in [2.05, 4.69) is 15.9 Å². The Morgan fingerprint density at radius 1 is 1.15 bits per heavy atom. The minimum atomic E-state index is 0.561. The molecule has 0 aromatic heterocycles. The maximum atomic E-state index is 5.96. The van der Waals surface area contributed by atoms with Gasteiger partial charge in [0.1, 0.15) is 0 Å². The molecule has 2 saturated carbocycles. The van der Waals surface area contributed by atoms with Gasteiger partial charge in [-0.3, -0.25) is 0 Å². The van der Waals surface area contributed by atoms with Crippen LogP contribution in [0.3, 0.4) is 0 Å². The first-order valence-corrected chi connectivity index (χ1v) is 6.52. The highest BCUT2D eigenvalue weighted by molar-refractivity contribution is 9.09. The van der Waals surface area contributed by atoms with E-state index in [-0.39, 0.29) is 0 Å². The Bertz CT molecular complexity index is 210. The molecule has 1 heterocycles. The Morgan fingerprint density at radius 2 is 1.92 bits per heavy atom. The second-order valence-electron chi connectivity index (χ2n) is 4.94. The Morgan fingerprint density at radius 3 is 2.69 bits per heavy atom. The summed E-state index contributed by atoms with van der Waals surface area (Å²) in [6.07, 6.45) is 8.95. The zero-order valence-corrected chi connectivity index (χ0v) is 9.55. The van der Waals surface area contributed by atoms with Gasteiger partial charge in [-0.1, -0.05) is 28.8 Å². The lowest BCUT2D eigenvalue weighted by atomic mass is 9.56. The van der Waals surface area contributed by atoms with Crippen molar-refractivity contribution in [2.75, 3.05) is 6.61 Å². The molecule has 2 aliphatic carbocycles. The highest BCUT2D eigenvalue weighted by atomic mass is 79.9. The van der Waals surface area contributed by atoms with Gasteiger partial charge in [-0.15, -0.1) is 0 Å². The van der Waals surface area contributed by atoms with E-state index in [1.807, 2.05) is 0 Å². The molecule has 0 aromatic carbocycles. The zero-order valence-electron chi connectivity index (χ0n) is 7.97. The Labute approximate surface area is 88.4 Å². The summed E-state index contributed by atoms with van der Waals surface area (Å²) in [6, 6.07) is 0. The average molecular weight is 245 g/mol. The van der Waals surface area contributed by atoms with Gasteiger partial charge in [0.25, 0.3) is 0 Å². The third kappa shape index (κ3) is 1.02.